The Morgan fingerprint density at radius 3 is 2.68 bits per heavy atom. The van der Waals surface area contributed by atoms with Crippen molar-refractivity contribution in [3.05, 3.63) is 24.0 Å². The molecule has 1 aliphatic carbocycles. The van der Waals surface area contributed by atoms with Crippen molar-refractivity contribution in [3.8, 4) is 0 Å². The first-order valence-corrected chi connectivity index (χ1v) is 10.2. The lowest BCUT2D eigenvalue weighted by Gasteiger charge is -2.25. The van der Waals surface area contributed by atoms with Crippen molar-refractivity contribution >= 4 is 40.0 Å². The summed E-state index contributed by atoms with van der Waals surface area (Å²) < 4.78 is 28.6. The normalized spacial score (nSPS) is 15.4. The predicted octanol–water partition coefficient (Wildman–Crippen LogP) is 1.42. The lowest BCUT2D eigenvalue weighted by molar-refractivity contribution is 0.316. The summed E-state index contributed by atoms with van der Waals surface area (Å²) in [4.78, 5) is 4.48. The number of guanidine groups is 1. The summed E-state index contributed by atoms with van der Waals surface area (Å²) in [5.41, 5.74) is 1.12. The van der Waals surface area contributed by atoms with Gasteiger partial charge in [0.2, 0.25) is 10.0 Å². The van der Waals surface area contributed by atoms with Gasteiger partial charge in [-0.25, -0.2) is 18.1 Å². The lowest BCUT2D eigenvalue weighted by Crippen LogP contribution is -2.42. The Bertz CT molecular complexity index is 641. The number of aromatic nitrogens is 1. The van der Waals surface area contributed by atoms with E-state index < -0.39 is 10.0 Å². The van der Waals surface area contributed by atoms with Crippen LogP contribution < -0.4 is 15.4 Å². The number of sulfonamides is 1. The Hall–Kier alpha value is -0.810. The molecule has 0 atom stereocenters. The van der Waals surface area contributed by atoms with Crippen LogP contribution >= 0.6 is 24.0 Å². The van der Waals surface area contributed by atoms with Crippen LogP contribution in [0, 0.1) is 5.92 Å². The molecule has 25 heavy (non-hydrogen) atoms. The van der Waals surface area contributed by atoms with E-state index in [4.69, 9.17) is 0 Å². The second kappa shape index (κ2) is 11.0. The second-order valence-corrected chi connectivity index (χ2v) is 8.20. The van der Waals surface area contributed by atoms with Crippen molar-refractivity contribution < 1.29 is 8.42 Å². The molecule has 0 unspecified atom stereocenters. The van der Waals surface area contributed by atoms with Gasteiger partial charge in [-0.1, -0.05) is 6.42 Å². The van der Waals surface area contributed by atoms with E-state index in [0.717, 1.165) is 24.9 Å². The molecule has 3 N–H and O–H groups in total. The van der Waals surface area contributed by atoms with Crippen molar-refractivity contribution in [2.75, 3.05) is 25.4 Å². The van der Waals surface area contributed by atoms with Crippen molar-refractivity contribution in [1.29, 1.82) is 0 Å². The van der Waals surface area contributed by atoms with Crippen LogP contribution in [0.3, 0.4) is 0 Å². The van der Waals surface area contributed by atoms with Crippen molar-refractivity contribution in [3.63, 3.8) is 0 Å². The van der Waals surface area contributed by atoms with Crippen molar-refractivity contribution in [2.45, 2.75) is 32.7 Å². The molecule has 1 aromatic rings. The highest BCUT2D eigenvalue weighted by atomic mass is 127. The quantitative estimate of drug-likeness (QED) is 0.282. The van der Waals surface area contributed by atoms with E-state index in [0.29, 0.717) is 31.5 Å². The van der Waals surface area contributed by atoms with Crippen LogP contribution in [0.15, 0.2) is 23.5 Å². The largest absolute Gasteiger partial charge is 0.357 e. The van der Waals surface area contributed by atoms with Gasteiger partial charge in [-0.05, 0) is 37.3 Å². The molecule has 7 nitrogen and oxygen atoms in total. The Kier molecular flexibility index (Phi) is 9.80. The third kappa shape index (κ3) is 8.41. The molecule has 0 bridgehead atoms. The number of halogens is 1. The minimum atomic E-state index is -3.23. The average Bonchev–Trinajstić information content (AvgIpc) is 2.88. The van der Waals surface area contributed by atoms with Gasteiger partial charge < -0.3 is 15.2 Å². The van der Waals surface area contributed by atoms with Crippen LogP contribution in [-0.4, -0.2) is 44.3 Å². The molecular formula is C16H30IN5O2S. The fourth-order valence-electron chi connectivity index (χ4n) is 2.48. The number of aryl methyl sites for hydroxylation is 1. The van der Waals surface area contributed by atoms with E-state index in [2.05, 4.69) is 20.3 Å². The Balaban J connectivity index is 0.00000312. The molecule has 1 heterocycles. The number of nitrogens with one attached hydrogen (secondary N) is 3. The topological polar surface area (TPSA) is 87.5 Å². The third-order valence-corrected chi connectivity index (χ3v) is 5.49. The fraction of sp³-hybridized carbons (Fsp3) is 0.688. The van der Waals surface area contributed by atoms with Gasteiger partial charge in [-0.3, -0.25) is 0 Å². The smallest absolute Gasteiger partial charge is 0.213 e. The summed E-state index contributed by atoms with van der Waals surface area (Å²) in [5, 5.41) is 6.21. The van der Waals surface area contributed by atoms with E-state index in [1.807, 2.05) is 37.0 Å². The van der Waals surface area contributed by atoms with Crippen LogP contribution in [0.4, 0.5) is 0 Å². The maximum Gasteiger partial charge on any atom is 0.213 e. The number of aliphatic imine (C=N–C) groups is 1. The molecule has 0 amide bonds. The van der Waals surface area contributed by atoms with E-state index >= 15 is 0 Å². The van der Waals surface area contributed by atoms with Crippen LogP contribution in [0.2, 0.25) is 0 Å². The summed E-state index contributed by atoms with van der Waals surface area (Å²) in [6.07, 6.45) is 7.49. The summed E-state index contributed by atoms with van der Waals surface area (Å²) in [7, 11) is -1.26. The molecule has 1 fully saturated rings. The molecule has 0 radical (unpaired) electrons. The number of nitrogens with zero attached hydrogens (tertiary/aromatic N) is 2. The average molecular weight is 483 g/mol. The first-order chi connectivity index (χ1) is 11.5. The fourth-order valence-corrected chi connectivity index (χ4v) is 3.49. The first-order valence-electron chi connectivity index (χ1n) is 8.59. The summed E-state index contributed by atoms with van der Waals surface area (Å²) >= 11 is 0. The first kappa shape index (κ1) is 22.2. The molecule has 0 spiro atoms. The van der Waals surface area contributed by atoms with Gasteiger partial charge in [0.1, 0.15) is 0 Å². The Morgan fingerprint density at radius 2 is 2.12 bits per heavy atom. The van der Waals surface area contributed by atoms with E-state index in [-0.39, 0.29) is 29.7 Å². The van der Waals surface area contributed by atoms with Gasteiger partial charge >= 0.3 is 0 Å². The van der Waals surface area contributed by atoms with Gasteiger partial charge in [-0.2, -0.15) is 0 Å². The second-order valence-electron chi connectivity index (χ2n) is 6.27. The highest BCUT2D eigenvalue weighted by Gasteiger charge is 2.20. The van der Waals surface area contributed by atoms with Crippen LogP contribution in [0.25, 0.3) is 0 Å². The van der Waals surface area contributed by atoms with Gasteiger partial charge in [0.05, 0.1) is 12.3 Å². The van der Waals surface area contributed by atoms with Crippen LogP contribution in [0.1, 0.15) is 31.7 Å². The molecule has 144 valence electrons. The minimum absolute atomic E-state index is 0. The zero-order valence-corrected chi connectivity index (χ0v) is 18.1. The summed E-state index contributed by atoms with van der Waals surface area (Å²) in [6, 6.07) is 2.02. The zero-order chi connectivity index (χ0) is 17.4. The molecular weight excluding hydrogens is 453 g/mol. The van der Waals surface area contributed by atoms with Crippen LogP contribution in [0.5, 0.6) is 0 Å². The predicted molar refractivity (Wildman–Crippen MR) is 113 cm³/mol. The summed E-state index contributed by atoms with van der Waals surface area (Å²) in [5.74, 6) is 1.21. The molecule has 0 aromatic carbocycles. The highest BCUT2D eigenvalue weighted by molar-refractivity contribution is 14.0. The van der Waals surface area contributed by atoms with Gasteiger partial charge in [0.15, 0.2) is 5.96 Å². The molecule has 1 saturated carbocycles. The van der Waals surface area contributed by atoms with Crippen LogP contribution in [-0.2, 0) is 23.6 Å². The zero-order valence-electron chi connectivity index (χ0n) is 15.0. The number of rotatable bonds is 9. The van der Waals surface area contributed by atoms with Gasteiger partial charge in [-0.15, -0.1) is 24.0 Å². The molecule has 1 aliphatic rings. The van der Waals surface area contributed by atoms with E-state index in [9.17, 15) is 8.42 Å². The van der Waals surface area contributed by atoms with Crippen molar-refractivity contribution in [2.24, 2.45) is 18.0 Å². The maximum atomic E-state index is 12.0. The van der Waals surface area contributed by atoms with E-state index in [1.54, 1.807) is 0 Å². The molecule has 2 rings (SSSR count). The molecule has 9 heteroatoms. The third-order valence-electron chi connectivity index (χ3n) is 4.14. The SMILES string of the molecule is CCNC(=NCc1ccn(C)c1)NCCS(=O)(=O)NCC1CCC1.I. The Labute approximate surface area is 168 Å². The maximum absolute atomic E-state index is 12.0. The van der Waals surface area contributed by atoms with Crippen molar-refractivity contribution in [1.82, 2.24) is 19.9 Å². The minimum Gasteiger partial charge on any atom is -0.357 e. The van der Waals surface area contributed by atoms with Gasteiger partial charge in [0, 0.05) is 39.1 Å². The summed E-state index contributed by atoms with van der Waals surface area (Å²) in [6.45, 7) is 4.18. The highest BCUT2D eigenvalue weighted by Crippen LogP contribution is 2.25. The Morgan fingerprint density at radius 1 is 1.36 bits per heavy atom. The van der Waals surface area contributed by atoms with E-state index in [1.165, 1.54) is 6.42 Å². The molecule has 0 saturated heterocycles. The number of hydrogen-bond donors (Lipinski definition) is 3. The standard InChI is InChI=1S/C16H29N5O2S.HI/c1-3-17-16(19-11-15-7-9-21(2)13-15)18-8-10-24(22,23)20-12-14-5-4-6-14;/h7,9,13-14,20H,3-6,8,10-12H2,1-2H3,(H2,17,18,19);1H. The number of hydrogen-bond acceptors (Lipinski definition) is 3. The van der Waals surface area contributed by atoms with Gasteiger partial charge in [0.25, 0.3) is 0 Å². The molecule has 0 aliphatic heterocycles. The monoisotopic (exact) mass is 483 g/mol. The molecule has 1 aromatic heterocycles. The lowest BCUT2D eigenvalue weighted by atomic mass is 9.86.